The summed E-state index contributed by atoms with van der Waals surface area (Å²) < 4.78 is 10.7. The van der Waals surface area contributed by atoms with Crippen molar-refractivity contribution in [2.45, 2.75) is 31.2 Å². The lowest BCUT2D eigenvalue weighted by Crippen LogP contribution is -2.39. The van der Waals surface area contributed by atoms with Gasteiger partial charge < -0.3 is 19.4 Å². The molecular weight excluding hydrogens is 354 g/mol. The second-order valence-corrected chi connectivity index (χ2v) is 7.35. The minimum atomic E-state index is -0.771. The van der Waals surface area contributed by atoms with E-state index in [1.54, 1.807) is 14.2 Å². The number of carboxylic acids is 1. The van der Waals surface area contributed by atoms with Crippen LogP contribution in [-0.4, -0.2) is 25.3 Å². The normalized spacial score (nSPS) is 24.2. The first-order valence-electron chi connectivity index (χ1n) is 9.41. The van der Waals surface area contributed by atoms with Gasteiger partial charge in [-0.2, -0.15) is 0 Å². The molecule has 5 nitrogen and oxygen atoms in total. The highest BCUT2D eigenvalue weighted by Crippen LogP contribution is 2.48. The molecule has 1 saturated carbocycles. The van der Waals surface area contributed by atoms with Gasteiger partial charge in [0.05, 0.1) is 20.1 Å². The fourth-order valence-electron chi connectivity index (χ4n) is 4.32. The first kappa shape index (κ1) is 19.8. The Labute approximate surface area is 165 Å². The molecule has 0 bridgehead atoms. The Morgan fingerprint density at radius 1 is 1.18 bits per heavy atom. The van der Waals surface area contributed by atoms with E-state index in [1.165, 1.54) is 0 Å². The molecule has 0 heterocycles. The predicted molar refractivity (Wildman–Crippen MR) is 106 cm³/mol. The first-order valence-corrected chi connectivity index (χ1v) is 9.41. The van der Waals surface area contributed by atoms with E-state index in [1.807, 2.05) is 48.5 Å². The zero-order chi connectivity index (χ0) is 20.1. The van der Waals surface area contributed by atoms with Crippen LogP contribution < -0.4 is 9.47 Å². The molecule has 5 heteroatoms. The fraction of sp³-hybridized carbons (Fsp3) is 0.391. The zero-order valence-electron chi connectivity index (χ0n) is 16.2. The third kappa shape index (κ3) is 3.82. The minimum Gasteiger partial charge on any atom is -0.493 e. The molecule has 0 aromatic heterocycles. The van der Waals surface area contributed by atoms with E-state index in [0.717, 1.165) is 11.1 Å². The lowest BCUT2D eigenvalue weighted by Gasteiger charge is -2.36. The van der Waals surface area contributed by atoms with Crippen molar-refractivity contribution < 1.29 is 19.4 Å². The number of hydrogen-bond donors (Lipinski definition) is 1. The second-order valence-electron chi connectivity index (χ2n) is 7.35. The van der Waals surface area contributed by atoms with Gasteiger partial charge in [-0.25, -0.2) is 6.57 Å². The highest BCUT2D eigenvalue weighted by molar-refractivity contribution is 5.70. The molecular formula is C23H25NO4. The summed E-state index contributed by atoms with van der Waals surface area (Å²) in [4.78, 5) is 15.9. The third-order valence-electron chi connectivity index (χ3n) is 5.83. The van der Waals surface area contributed by atoms with E-state index in [2.05, 4.69) is 4.85 Å². The molecule has 146 valence electrons. The van der Waals surface area contributed by atoms with Gasteiger partial charge in [-0.05, 0) is 42.5 Å². The van der Waals surface area contributed by atoms with E-state index < -0.39 is 17.4 Å². The summed E-state index contributed by atoms with van der Waals surface area (Å²) in [7, 11) is 3.15. The van der Waals surface area contributed by atoms with Crippen LogP contribution in [0.5, 0.6) is 11.5 Å². The van der Waals surface area contributed by atoms with Crippen molar-refractivity contribution >= 4 is 5.97 Å². The maximum atomic E-state index is 11.9. The van der Waals surface area contributed by atoms with Crippen LogP contribution in [0.25, 0.3) is 4.85 Å². The molecule has 0 amide bonds. The molecule has 1 aliphatic carbocycles. The largest absolute Gasteiger partial charge is 0.493 e. The maximum absolute atomic E-state index is 11.9. The quantitative estimate of drug-likeness (QED) is 0.748. The van der Waals surface area contributed by atoms with Gasteiger partial charge in [0.2, 0.25) is 0 Å². The molecule has 0 radical (unpaired) electrons. The number of nitrogens with zero attached hydrogens (tertiary/aromatic N) is 1. The number of carbonyl (C=O) groups is 1. The van der Waals surface area contributed by atoms with Crippen molar-refractivity contribution in [3.63, 3.8) is 0 Å². The molecule has 0 saturated heterocycles. The Balaban J connectivity index is 1.95. The van der Waals surface area contributed by atoms with E-state index in [9.17, 15) is 9.90 Å². The van der Waals surface area contributed by atoms with Crippen LogP contribution in [0.4, 0.5) is 0 Å². The van der Waals surface area contributed by atoms with Crippen LogP contribution in [0.3, 0.4) is 0 Å². The fourth-order valence-corrected chi connectivity index (χ4v) is 4.32. The van der Waals surface area contributed by atoms with E-state index in [4.69, 9.17) is 16.0 Å². The molecule has 0 spiro atoms. The SMILES string of the molecule is [C-]#[N+]C1(c2ccc(OC)c(OC)c2)CCC(C(=O)O)C(Cc2ccccc2)C1. The maximum Gasteiger partial charge on any atom is 0.306 e. The summed E-state index contributed by atoms with van der Waals surface area (Å²) in [6.07, 6.45) is 2.18. The van der Waals surface area contributed by atoms with Crippen LogP contribution >= 0.6 is 0 Å². The van der Waals surface area contributed by atoms with Gasteiger partial charge in [0.15, 0.2) is 11.5 Å². The van der Waals surface area contributed by atoms with Crippen LogP contribution in [0.1, 0.15) is 30.4 Å². The number of hydrogen-bond acceptors (Lipinski definition) is 3. The summed E-state index contributed by atoms with van der Waals surface area (Å²) in [5.74, 6) is -0.104. The highest BCUT2D eigenvalue weighted by Gasteiger charge is 2.49. The topological polar surface area (TPSA) is 60.1 Å². The van der Waals surface area contributed by atoms with Gasteiger partial charge in [-0.1, -0.05) is 30.3 Å². The van der Waals surface area contributed by atoms with Gasteiger partial charge in [0.25, 0.3) is 5.54 Å². The molecule has 2 aromatic carbocycles. The van der Waals surface area contributed by atoms with Crippen molar-refractivity contribution in [3.8, 4) is 11.5 Å². The zero-order valence-corrected chi connectivity index (χ0v) is 16.2. The molecule has 3 unspecified atom stereocenters. The number of ether oxygens (including phenoxy) is 2. The predicted octanol–water partition coefficient (Wildman–Crippen LogP) is 4.56. The molecule has 1 fully saturated rings. The highest BCUT2D eigenvalue weighted by atomic mass is 16.5. The number of methoxy groups -OCH3 is 2. The van der Waals surface area contributed by atoms with Crippen molar-refractivity contribution in [2.75, 3.05) is 14.2 Å². The Morgan fingerprint density at radius 2 is 1.89 bits per heavy atom. The Hall–Kier alpha value is -3.00. The average Bonchev–Trinajstić information content (AvgIpc) is 2.73. The molecule has 1 N–H and O–H groups in total. The van der Waals surface area contributed by atoms with Gasteiger partial charge in [0, 0.05) is 18.4 Å². The Kier molecular flexibility index (Phi) is 5.89. The lowest BCUT2D eigenvalue weighted by atomic mass is 9.66. The Morgan fingerprint density at radius 3 is 2.50 bits per heavy atom. The van der Waals surface area contributed by atoms with Gasteiger partial charge >= 0.3 is 5.97 Å². The van der Waals surface area contributed by atoms with Gasteiger partial charge in [-0.3, -0.25) is 4.79 Å². The van der Waals surface area contributed by atoms with Crippen molar-refractivity contribution in [3.05, 3.63) is 71.1 Å². The minimum absolute atomic E-state index is 0.101. The van der Waals surface area contributed by atoms with E-state index in [-0.39, 0.29) is 5.92 Å². The number of aliphatic carboxylic acids is 1. The van der Waals surface area contributed by atoms with Crippen LogP contribution in [0, 0.1) is 18.4 Å². The lowest BCUT2D eigenvalue weighted by molar-refractivity contribution is -0.145. The molecule has 28 heavy (non-hydrogen) atoms. The van der Waals surface area contributed by atoms with Crippen molar-refractivity contribution in [2.24, 2.45) is 11.8 Å². The van der Waals surface area contributed by atoms with E-state index >= 15 is 0 Å². The van der Waals surface area contributed by atoms with Crippen LogP contribution in [0.2, 0.25) is 0 Å². The van der Waals surface area contributed by atoms with Crippen LogP contribution in [0.15, 0.2) is 48.5 Å². The van der Waals surface area contributed by atoms with Crippen molar-refractivity contribution in [1.82, 2.24) is 0 Å². The summed E-state index contributed by atoms with van der Waals surface area (Å²) in [5, 5.41) is 9.74. The second kappa shape index (κ2) is 8.35. The summed E-state index contributed by atoms with van der Waals surface area (Å²) in [6.45, 7) is 7.96. The van der Waals surface area contributed by atoms with Gasteiger partial charge in [-0.15, -0.1) is 0 Å². The molecule has 2 aromatic rings. The number of carboxylic acid groups (broad SMARTS) is 1. The summed E-state index contributed by atoms with van der Waals surface area (Å²) in [5.41, 5.74) is 1.22. The Bertz CT molecular complexity index is 874. The average molecular weight is 379 g/mol. The summed E-state index contributed by atoms with van der Waals surface area (Å²) >= 11 is 0. The molecule has 3 rings (SSSR count). The number of benzene rings is 2. The van der Waals surface area contributed by atoms with E-state index in [0.29, 0.717) is 37.2 Å². The first-order chi connectivity index (χ1) is 13.5. The smallest absolute Gasteiger partial charge is 0.306 e. The van der Waals surface area contributed by atoms with Crippen LogP contribution in [-0.2, 0) is 16.8 Å². The molecule has 3 atom stereocenters. The van der Waals surface area contributed by atoms with Crippen molar-refractivity contribution in [1.29, 1.82) is 0 Å². The standard InChI is InChI=1S/C23H25NO4/c1-24-23(18-9-10-20(27-2)21(14-18)28-3)12-11-19(22(25)26)17(15-23)13-16-7-5-4-6-8-16/h4-10,14,17,19H,11-13,15H2,2-3H3,(H,25,26). The number of rotatable bonds is 6. The summed E-state index contributed by atoms with van der Waals surface area (Å²) in [6, 6.07) is 15.5. The molecule has 0 aliphatic heterocycles. The monoisotopic (exact) mass is 379 g/mol. The third-order valence-corrected chi connectivity index (χ3v) is 5.83. The molecule has 1 aliphatic rings. The van der Waals surface area contributed by atoms with Gasteiger partial charge in [0.1, 0.15) is 0 Å².